The van der Waals surface area contributed by atoms with E-state index in [2.05, 4.69) is 26.5 Å². The third-order valence-corrected chi connectivity index (χ3v) is 4.44. The molecule has 3 rings (SSSR count). The largest absolute Gasteiger partial charge is 0.370 e. The Hall–Kier alpha value is -1.07. The van der Waals surface area contributed by atoms with Crippen molar-refractivity contribution in [1.29, 1.82) is 0 Å². The monoisotopic (exact) mass is 249 g/mol. The predicted octanol–water partition coefficient (Wildman–Crippen LogP) is 0.814. The number of anilines is 1. The van der Waals surface area contributed by atoms with E-state index in [0.29, 0.717) is 12.0 Å². The minimum absolute atomic E-state index is 0.524. The Labute approximate surface area is 108 Å². The van der Waals surface area contributed by atoms with Crippen molar-refractivity contribution < 1.29 is 0 Å². The molecule has 2 atom stereocenters. The summed E-state index contributed by atoms with van der Waals surface area (Å²) in [5.74, 6) is 2.60. The summed E-state index contributed by atoms with van der Waals surface area (Å²) in [6.45, 7) is 3.93. The molecule has 18 heavy (non-hydrogen) atoms. The minimum Gasteiger partial charge on any atom is -0.370 e. The van der Waals surface area contributed by atoms with Crippen LogP contribution in [-0.4, -0.2) is 36.0 Å². The predicted molar refractivity (Wildman–Crippen MR) is 72.5 cm³/mol. The molecule has 0 aromatic carbocycles. The molecule has 100 valence electrons. The van der Waals surface area contributed by atoms with Crippen LogP contribution in [0.5, 0.6) is 0 Å². The van der Waals surface area contributed by atoms with Crippen molar-refractivity contribution in [3.05, 3.63) is 12.3 Å². The second kappa shape index (κ2) is 5.28. The molecular weight excluding hydrogens is 226 g/mol. The van der Waals surface area contributed by atoms with Gasteiger partial charge in [0.15, 0.2) is 0 Å². The zero-order valence-corrected chi connectivity index (χ0v) is 10.8. The van der Waals surface area contributed by atoms with Gasteiger partial charge in [0.2, 0.25) is 0 Å². The number of rotatable bonds is 5. The van der Waals surface area contributed by atoms with E-state index in [1.54, 1.807) is 0 Å². The lowest BCUT2D eigenvalue weighted by molar-refractivity contribution is 0.320. The van der Waals surface area contributed by atoms with Crippen LogP contribution in [0.15, 0.2) is 12.3 Å². The van der Waals surface area contributed by atoms with E-state index in [1.165, 1.54) is 19.3 Å². The highest BCUT2D eigenvalue weighted by Gasteiger charge is 2.26. The number of nitrogens with two attached hydrogens (primary N) is 1. The van der Waals surface area contributed by atoms with Crippen molar-refractivity contribution in [3.8, 4) is 0 Å². The first kappa shape index (κ1) is 12.0. The van der Waals surface area contributed by atoms with E-state index in [4.69, 9.17) is 5.73 Å². The van der Waals surface area contributed by atoms with E-state index in [1.807, 2.05) is 6.20 Å². The average Bonchev–Trinajstić information content (AvgIpc) is 2.92. The molecule has 1 saturated heterocycles. The number of hydrogen-bond donors (Lipinski definition) is 3. The van der Waals surface area contributed by atoms with Crippen LogP contribution >= 0.6 is 0 Å². The van der Waals surface area contributed by atoms with Crippen molar-refractivity contribution in [3.63, 3.8) is 0 Å². The van der Waals surface area contributed by atoms with Crippen molar-refractivity contribution in [2.24, 2.45) is 17.6 Å². The molecule has 1 aliphatic heterocycles. The second-order valence-electron chi connectivity index (χ2n) is 5.54. The first-order valence-electron chi connectivity index (χ1n) is 7.06. The summed E-state index contributed by atoms with van der Waals surface area (Å²) in [7, 11) is 0. The molecule has 2 unspecified atom stereocenters. The van der Waals surface area contributed by atoms with Gasteiger partial charge in [-0.3, -0.25) is 0 Å². The first-order valence-corrected chi connectivity index (χ1v) is 7.06. The summed E-state index contributed by atoms with van der Waals surface area (Å²) < 4.78 is 2.11. The highest BCUT2D eigenvalue weighted by molar-refractivity contribution is 5.35. The van der Waals surface area contributed by atoms with Crippen LogP contribution in [0.3, 0.4) is 0 Å². The molecule has 1 aromatic heterocycles. The fraction of sp³-hybridized carbons (Fsp3) is 0.769. The van der Waals surface area contributed by atoms with Gasteiger partial charge in [0.05, 0.1) is 12.2 Å². The van der Waals surface area contributed by atoms with Gasteiger partial charge in [0, 0.05) is 25.7 Å². The zero-order chi connectivity index (χ0) is 12.4. The van der Waals surface area contributed by atoms with Gasteiger partial charge in [-0.1, -0.05) is 6.42 Å². The van der Waals surface area contributed by atoms with Crippen LogP contribution < -0.4 is 16.4 Å². The number of aromatic nitrogens is 2. The van der Waals surface area contributed by atoms with Crippen LogP contribution in [-0.2, 0) is 0 Å². The Balaban J connectivity index is 1.57. The fourth-order valence-electron chi connectivity index (χ4n) is 3.12. The molecule has 1 aliphatic carbocycles. The normalized spacial score (nSPS) is 28.3. The smallest absolute Gasteiger partial charge is 0.124 e. The molecule has 0 bridgehead atoms. The van der Waals surface area contributed by atoms with Crippen molar-refractivity contribution in [2.45, 2.75) is 25.3 Å². The van der Waals surface area contributed by atoms with E-state index >= 15 is 0 Å². The number of hydrogen-bond acceptors (Lipinski definition) is 4. The van der Waals surface area contributed by atoms with E-state index in [-0.39, 0.29) is 0 Å². The minimum atomic E-state index is 0.524. The number of nitrogens with zero attached hydrogens (tertiary/aromatic N) is 2. The van der Waals surface area contributed by atoms with Crippen LogP contribution in [0.25, 0.3) is 0 Å². The van der Waals surface area contributed by atoms with Crippen LogP contribution in [0, 0.1) is 11.8 Å². The summed E-state index contributed by atoms with van der Waals surface area (Å²) in [5.41, 5.74) is 5.83. The third kappa shape index (κ3) is 2.24. The zero-order valence-electron chi connectivity index (χ0n) is 10.8. The molecule has 2 fully saturated rings. The first-order chi connectivity index (χ1) is 8.88. The summed E-state index contributed by atoms with van der Waals surface area (Å²) >= 11 is 0. The standard InChI is InChI=1S/C13H23N5/c14-6-10-2-1-3-11(10)7-16-13-4-5-17-18(13)12-8-15-9-12/h4-5,10-12,15-16H,1-3,6-9,14H2. The Kier molecular flexibility index (Phi) is 3.52. The summed E-state index contributed by atoms with van der Waals surface area (Å²) in [6.07, 6.45) is 5.83. The summed E-state index contributed by atoms with van der Waals surface area (Å²) in [5, 5.41) is 11.3. The average molecular weight is 249 g/mol. The van der Waals surface area contributed by atoms with Gasteiger partial charge in [-0.15, -0.1) is 0 Å². The van der Waals surface area contributed by atoms with Gasteiger partial charge in [0.1, 0.15) is 5.82 Å². The van der Waals surface area contributed by atoms with Crippen molar-refractivity contribution >= 4 is 5.82 Å². The van der Waals surface area contributed by atoms with E-state index in [0.717, 1.165) is 37.9 Å². The van der Waals surface area contributed by atoms with Gasteiger partial charge >= 0.3 is 0 Å². The lowest BCUT2D eigenvalue weighted by Crippen LogP contribution is -2.44. The van der Waals surface area contributed by atoms with Gasteiger partial charge in [-0.2, -0.15) is 5.10 Å². The molecule has 5 heteroatoms. The van der Waals surface area contributed by atoms with Gasteiger partial charge in [-0.05, 0) is 31.2 Å². The number of nitrogens with one attached hydrogen (secondary N) is 2. The maximum Gasteiger partial charge on any atom is 0.124 e. The molecule has 5 nitrogen and oxygen atoms in total. The second-order valence-corrected chi connectivity index (χ2v) is 5.54. The molecule has 0 spiro atoms. The molecule has 4 N–H and O–H groups in total. The lowest BCUT2D eigenvalue weighted by Gasteiger charge is -2.29. The van der Waals surface area contributed by atoms with Gasteiger partial charge < -0.3 is 16.4 Å². The third-order valence-electron chi connectivity index (χ3n) is 4.44. The Morgan fingerprint density at radius 3 is 2.94 bits per heavy atom. The maximum absolute atomic E-state index is 5.83. The molecule has 0 radical (unpaired) electrons. The molecular formula is C13H23N5. The molecule has 1 saturated carbocycles. The highest BCUT2D eigenvalue weighted by Crippen LogP contribution is 2.31. The lowest BCUT2D eigenvalue weighted by atomic mass is 9.96. The topological polar surface area (TPSA) is 67.9 Å². The van der Waals surface area contributed by atoms with Gasteiger partial charge in [0.25, 0.3) is 0 Å². The van der Waals surface area contributed by atoms with Crippen molar-refractivity contribution in [2.75, 3.05) is 31.5 Å². The Morgan fingerprint density at radius 1 is 1.39 bits per heavy atom. The molecule has 2 heterocycles. The Morgan fingerprint density at radius 2 is 2.22 bits per heavy atom. The highest BCUT2D eigenvalue weighted by atomic mass is 15.4. The molecule has 2 aliphatic rings. The molecule has 1 aromatic rings. The maximum atomic E-state index is 5.83. The van der Waals surface area contributed by atoms with Crippen LogP contribution in [0.4, 0.5) is 5.82 Å². The van der Waals surface area contributed by atoms with E-state index < -0.39 is 0 Å². The summed E-state index contributed by atoms with van der Waals surface area (Å²) in [6, 6.07) is 2.60. The fourth-order valence-corrected chi connectivity index (χ4v) is 3.12. The molecule has 0 amide bonds. The SMILES string of the molecule is NCC1CCCC1CNc1ccnn1C1CNC1. The van der Waals surface area contributed by atoms with Gasteiger partial charge in [-0.25, -0.2) is 4.68 Å². The Bertz CT molecular complexity index is 384. The van der Waals surface area contributed by atoms with Crippen LogP contribution in [0.1, 0.15) is 25.3 Å². The quantitative estimate of drug-likeness (QED) is 0.722. The van der Waals surface area contributed by atoms with Crippen LogP contribution in [0.2, 0.25) is 0 Å². The summed E-state index contributed by atoms with van der Waals surface area (Å²) in [4.78, 5) is 0. The van der Waals surface area contributed by atoms with E-state index in [9.17, 15) is 0 Å². The van der Waals surface area contributed by atoms with Crippen molar-refractivity contribution in [1.82, 2.24) is 15.1 Å².